The van der Waals surface area contributed by atoms with Gasteiger partial charge in [-0.15, -0.1) is 5.10 Å². The molecule has 1 aromatic carbocycles. The van der Waals surface area contributed by atoms with E-state index < -0.39 is 0 Å². The number of nitrogens with zero attached hydrogens (tertiary/aromatic N) is 3. The van der Waals surface area contributed by atoms with Crippen LogP contribution in [0.25, 0.3) is 11.5 Å². The maximum atomic E-state index is 12.5. The number of likely N-dealkylation sites (tertiary alicyclic amines) is 1. The molecule has 24 heavy (non-hydrogen) atoms. The minimum absolute atomic E-state index is 0.104. The van der Waals surface area contributed by atoms with Gasteiger partial charge in [0.05, 0.1) is 0 Å². The van der Waals surface area contributed by atoms with Crippen molar-refractivity contribution in [3.05, 3.63) is 30.3 Å². The van der Waals surface area contributed by atoms with Crippen LogP contribution in [0.2, 0.25) is 0 Å². The first-order chi connectivity index (χ1) is 11.7. The predicted molar refractivity (Wildman–Crippen MR) is 90.3 cm³/mol. The van der Waals surface area contributed by atoms with E-state index in [9.17, 15) is 4.79 Å². The van der Waals surface area contributed by atoms with Gasteiger partial charge in [0.15, 0.2) is 0 Å². The van der Waals surface area contributed by atoms with Crippen LogP contribution in [0, 0.1) is 5.41 Å². The summed E-state index contributed by atoms with van der Waals surface area (Å²) in [6, 6.07) is 9.51. The lowest BCUT2D eigenvalue weighted by Gasteiger charge is -2.49. The average Bonchev–Trinajstić information content (AvgIpc) is 3.23. The highest BCUT2D eigenvalue weighted by atomic mass is 16.4. The van der Waals surface area contributed by atoms with Gasteiger partial charge in [-0.25, -0.2) is 0 Å². The Hall–Kier alpha value is -2.37. The fourth-order valence-electron chi connectivity index (χ4n) is 3.86. The third-order valence-corrected chi connectivity index (χ3v) is 5.18. The molecule has 1 atom stereocenters. The largest absolute Gasteiger partial charge is 0.403 e. The number of nitrogens with one attached hydrogen (secondary N) is 1. The molecular weight excluding hydrogens is 304 g/mol. The first-order valence-corrected chi connectivity index (χ1v) is 8.60. The highest BCUT2D eigenvalue weighted by Crippen LogP contribution is 2.45. The zero-order valence-corrected chi connectivity index (χ0v) is 13.9. The third-order valence-electron chi connectivity index (χ3n) is 5.18. The number of anilines is 1. The lowest BCUT2D eigenvalue weighted by atomic mass is 9.78. The zero-order valence-electron chi connectivity index (χ0n) is 13.9. The Bertz CT molecular complexity index is 714. The molecule has 1 saturated heterocycles. The molecule has 2 heterocycles. The Morgan fingerprint density at radius 3 is 2.62 bits per heavy atom. The lowest BCUT2D eigenvalue weighted by molar-refractivity contribution is -0.143. The summed E-state index contributed by atoms with van der Waals surface area (Å²) in [5.74, 6) is 0.554. The molecule has 1 aromatic heterocycles. The van der Waals surface area contributed by atoms with Crippen molar-refractivity contribution in [3.63, 3.8) is 0 Å². The first-order valence-electron chi connectivity index (χ1n) is 8.60. The van der Waals surface area contributed by atoms with Gasteiger partial charge in [-0.1, -0.05) is 36.1 Å². The van der Waals surface area contributed by atoms with E-state index in [0.717, 1.165) is 18.7 Å². The molecule has 1 aliphatic carbocycles. The first kappa shape index (κ1) is 15.2. The second-order valence-corrected chi connectivity index (χ2v) is 7.05. The minimum atomic E-state index is -0.368. The van der Waals surface area contributed by atoms with Crippen LogP contribution >= 0.6 is 0 Å². The quantitative estimate of drug-likeness (QED) is 0.935. The molecule has 1 amide bonds. The molecule has 0 unspecified atom stereocenters. The SMILES string of the molecule is C[C@H](Nc1nnc(-c2ccccc2)o1)C(=O)N1CC2(CCCC2)C1. The Morgan fingerprint density at radius 1 is 1.21 bits per heavy atom. The van der Waals surface area contributed by atoms with Crippen molar-refractivity contribution < 1.29 is 9.21 Å². The lowest BCUT2D eigenvalue weighted by Crippen LogP contribution is -2.59. The number of rotatable bonds is 4. The molecule has 2 fully saturated rings. The van der Waals surface area contributed by atoms with E-state index in [4.69, 9.17) is 4.42 Å². The number of hydrogen-bond acceptors (Lipinski definition) is 5. The van der Waals surface area contributed by atoms with E-state index in [1.807, 2.05) is 42.2 Å². The average molecular weight is 326 g/mol. The number of amides is 1. The van der Waals surface area contributed by atoms with Gasteiger partial charge in [0.1, 0.15) is 6.04 Å². The van der Waals surface area contributed by atoms with E-state index in [1.54, 1.807) is 0 Å². The summed E-state index contributed by atoms with van der Waals surface area (Å²) < 4.78 is 5.61. The molecule has 6 nitrogen and oxygen atoms in total. The number of carbonyl (C=O) groups excluding carboxylic acids is 1. The van der Waals surface area contributed by atoms with Crippen LogP contribution in [-0.2, 0) is 4.79 Å². The Morgan fingerprint density at radius 2 is 1.92 bits per heavy atom. The molecule has 1 spiro atoms. The van der Waals surface area contributed by atoms with Gasteiger partial charge in [-0.3, -0.25) is 4.79 Å². The normalized spacial score (nSPS) is 20.0. The van der Waals surface area contributed by atoms with Gasteiger partial charge in [0.2, 0.25) is 11.8 Å². The van der Waals surface area contributed by atoms with Crippen molar-refractivity contribution >= 4 is 11.9 Å². The van der Waals surface area contributed by atoms with Crippen molar-refractivity contribution in [3.8, 4) is 11.5 Å². The van der Waals surface area contributed by atoms with Gasteiger partial charge in [-0.2, -0.15) is 0 Å². The predicted octanol–water partition coefficient (Wildman–Crippen LogP) is 2.94. The number of carbonyl (C=O) groups is 1. The fraction of sp³-hybridized carbons (Fsp3) is 0.500. The topological polar surface area (TPSA) is 71.3 Å². The monoisotopic (exact) mass is 326 g/mol. The van der Waals surface area contributed by atoms with Crippen LogP contribution < -0.4 is 5.32 Å². The van der Waals surface area contributed by atoms with Crippen molar-refractivity contribution in [2.75, 3.05) is 18.4 Å². The maximum Gasteiger partial charge on any atom is 0.316 e. The van der Waals surface area contributed by atoms with Gasteiger partial charge >= 0.3 is 6.01 Å². The maximum absolute atomic E-state index is 12.5. The third kappa shape index (κ3) is 2.77. The summed E-state index contributed by atoms with van der Waals surface area (Å²) in [6.45, 7) is 3.64. The minimum Gasteiger partial charge on any atom is -0.403 e. The highest BCUT2D eigenvalue weighted by Gasteiger charge is 2.47. The molecule has 1 saturated carbocycles. The molecule has 2 aliphatic rings. The van der Waals surface area contributed by atoms with Gasteiger partial charge in [0.25, 0.3) is 0 Å². The summed E-state index contributed by atoms with van der Waals surface area (Å²) >= 11 is 0. The van der Waals surface area contributed by atoms with Crippen LogP contribution in [0.5, 0.6) is 0 Å². The second-order valence-electron chi connectivity index (χ2n) is 7.05. The van der Waals surface area contributed by atoms with Crippen LogP contribution in [0.1, 0.15) is 32.6 Å². The van der Waals surface area contributed by atoms with Gasteiger partial charge in [-0.05, 0) is 31.9 Å². The van der Waals surface area contributed by atoms with E-state index in [0.29, 0.717) is 11.3 Å². The number of benzene rings is 1. The molecule has 1 N–H and O–H groups in total. The van der Waals surface area contributed by atoms with Crippen molar-refractivity contribution in [2.45, 2.75) is 38.6 Å². The van der Waals surface area contributed by atoms with Gasteiger partial charge in [0, 0.05) is 24.1 Å². The van der Waals surface area contributed by atoms with Crippen molar-refractivity contribution in [1.29, 1.82) is 0 Å². The Balaban J connectivity index is 1.35. The van der Waals surface area contributed by atoms with Crippen LogP contribution in [0.4, 0.5) is 6.01 Å². The molecule has 4 rings (SSSR count). The Labute approximate surface area is 141 Å². The van der Waals surface area contributed by atoms with Gasteiger partial charge < -0.3 is 14.6 Å². The fourth-order valence-corrected chi connectivity index (χ4v) is 3.86. The molecule has 2 aromatic rings. The van der Waals surface area contributed by atoms with Crippen LogP contribution in [-0.4, -0.2) is 40.1 Å². The molecule has 6 heteroatoms. The standard InChI is InChI=1S/C18H22N4O2/c1-13(16(23)22-11-18(12-22)9-5-6-10-18)19-17-21-20-15(24-17)14-7-3-2-4-8-14/h2-4,7-8,13H,5-6,9-12H2,1H3,(H,19,21)/t13-/m0/s1. The highest BCUT2D eigenvalue weighted by molar-refractivity contribution is 5.84. The summed E-state index contributed by atoms with van der Waals surface area (Å²) in [5.41, 5.74) is 1.28. The smallest absolute Gasteiger partial charge is 0.316 e. The Kier molecular flexibility index (Phi) is 3.75. The number of aromatic nitrogens is 2. The summed E-state index contributed by atoms with van der Waals surface area (Å²) in [6.07, 6.45) is 5.14. The van der Waals surface area contributed by atoms with Crippen LogP contribution in [0.15, 0.2) is 34.7 Å². The summed E-state index contributed by atoms with van der Waals surface area (Å²) in [5, 5.41) is 11.1. The molecule has 0 radical (unpaired) electrons. The van der Waals surface area contributed by atoms with Crippen molar-refractivity contribution in [1.82, 2.24) is 15.1 Å². The van der Waals surface area contributed by atoms with Crippen molar-refractivity contribution in [2.24, 2.45) is 5.41 Å². The zero-order chi connectivity index (χ0) is 16.6. The van der Waals surface area contributed by atoms with E-state index in [1.165, 1.54) is 25.7 Å². The van der Waals surface area contributed by atoms with E-state index in [-0.39, 0.29) is 18.0 Å². The molecule has 0 bridgehead atoms. The van der Waals surface area contributed by atoms with E-state index >= 15 is 0 Å². The summed E-state index contributed by atoms with van der Waals surface area (Å²) in [4.78, 5) is 14.5. The second kappa shape index (κ2) is 5.92. The summed E-state index contributed by atoms with van der Waals surface area (Å²) in [7, 11) is 0. The van der Waals surface area contributed by atoms with E-state index in [2.05, 4.69) is 15.5 Å². The molecule has 126 valence electrons. The van der Waals surface area contributed by atoms with Crippen LogP contribution in [0.3, 0.4) is 0 Å². The molecule has 1 aliphatic heterocycles. The molecular formula is C18H22N4O2. The number of hydrogen-bond donors (Lipinski definition) is 1.